The average molecular weight is 1380 g/mol. The first-order valence-corrected chi connectivity index (χ1v) is 32.0. The maximum atomic E-state index is 13.5. The molecule has 0 aliphatic rings. The van der Waals surface area contributed by atoms with Crippen LogP contribution in [0.2, 0.25) is 0 Å². The lowest BCUT2D eigenvalue weighted by Crippen LogP contribution is -2.42. The third kappa shape index (κ3) is 29.0. The summed E-state index contributed by atoms with van der Waals surface area (Å²) >= 11 is 0. The molecule has 0 unspecified atom stereocenters. The Morgan fingerprint density at radius 1 is 0.465 bits per heavy atom. The Balaban J connectivity index is 0.000000258. The van der Waals surface area contributed by atoms with E-state index in [4.69, 9.17) is 51.8 Å². The van der Waals surface area contributed by atoms with Crippen molar-refractivity contribution in [1.29, 1.82) is 15.8 Å². The fourth-order valence-electron chi connectivity index (χ4n) is 9.15. The number of nitriles is 3. The van der Waals surface area contributed by atoms with Crippen LogP contribution in [0.15, 0.2) is 121 Å². The molecule has 3 amide bonds. The number of hydrogen-bond donors (Lipinski definition) is 4. The van der Waals surface area contributed by atoms with Crippen molar-refractivity contribution < 1.29 is 52.5 Å². The fourth-order valence-corrected chi connectivity index (χ4v) is 9.15. The molecule has 4 heterocycles. The summed E-state index contributed by atoms with van der Waals surface area (Å²) < 4.78 is 32.3. The summed E-state index contributed by atoms with van der Waals surface area (Å²) in [5.41, 5.74) is 8.81. The molecule has 8 aromatic rings. The van der Waals surface area contributed by atoms with E-state index in [9.17, 15) is 28.8 Å². The normalized spacial score (nSPS) is 11.8. The number of alkyl carbamates (subject to hydrolysis) is 1. The molecule has 528 valence electrons. The van der Waals surface area contributed by atoms with E-state index in [2.05, 4.69) is 82.9 Å². The van der Waals surface area contributed by atoms with Crippen LogP contribution in [0.3, 0.4) is 0 Å². The van der Waals surface area contributed by atoms with Crippen LogP contribution in [0.4, 0.5) is 9.59 Å². The number of rotatable bonds is 35. The summed E-state index contributed by atoms with van der Waals surface area (Å²) in [4.78, 5) is 78.4. The van der Waals surface area contributed by atoms with Crippen molar-refractivity contribution in [1.82, 2.24) is 96.8 Å². The van der Waals surface area contributed by atoms with Gasteiger partial charge in [0.05, 0.1) is 81.3 Å². The molecule has 0 aliphatic heterocycles. The van der Waals surface area contributed by atoms with Gasteiger partial charge in [0.15, 0.2) is 23.3 Å². The Labute approximate surface area is 581 Å². The number of nitrogens with two attached hydrogens (primary N) is 1. The zero-order valence-electron chi connectivity index (χ0n) is 56.0. The van der Waals surface area contributed by atoms with Gasteiger partial charge < -0.3 is 50.2 Å². The highest BCUT2D eigenvalue weighted by atomic mass is 16.6. The van der Waals surface area contributed by atoms with E-state index in [0.29, 0.717) is 31.0 Å². The second-order valence-corrected chi connectivity index (χ2v) is 22.9. The van der Waals surface area contributed by atoms with E-state index >= 15 is 0 Å². The molecule has 8 rings (SSSR count). The minimum absolute atomic E-state index is 0.0401. The summed E-state index contributed by atoms with van der Waals surface area (Å²) in [5, 5.41) is 80.8. The van der Waals surface area contributed by atoms with E-state index in [-0.39, 0.29) is 128 Å². The van der Waals surface area contributed by atoms with Gasteiger partial charge in [0.2, 0.25) is 6.54 Å². The molecule has 5 N–H and O–H groups in total. The molecule has 4 aromatic heterocycles. The SMILES string of the molecule is CC(C)(C)OC(=O)N[C@@H](CCC(=O)OCc1ccccc1)c1nnnn1CCC#N.N#CCCn1nnnc1[C@@H](N)CCC(=O)OCc1ccccc1.[C-]#[N+]CCn1nnnc1[C@H](CCC(=O)OCc1ccccc1)NC(=O)N[C@@H](CCC(=O)OCc1ccccc1)c1nnnn1CCC#N. The molecule has 0 bridgehead atoms. The summed E-state index contributed by atoms with van der Waals surface area (Å²) in [6, 6.07) is 39.7. The zero-order chi connectivity index (χ0) is 72.5. The third-order valence-electron chi connectivity index (χ3n) is 14.1. The van der Waals surface area contributed by atoms with Crippen LogP contribution in [0.25, 0.3) is 4.85 Å². The molecule has 0 saturated carbocycles. The third-order valence-corrected chi connectivity index (χ3v) is 14.1. The summed E-state index contributed by atoms with van der Waals surface area (Å²) in [7, 11) is 0. The van der Waals surface area contributed by atoms with Crippen LogP contribution in [0.1, 0.15) is 161 Å². The number of tetrazole rings is 4. The highest BCUT2D eigenvalue weighted by Gasteiger charge is 2.29. The van der Waals surface area contributed by atoms with E-state index in [1.54, 1.807) is 20.8 Å². The molecule has 4 aromatic carbocycles. The largest absolute Gasteiger partial charge is 0.461 e. The molecular formula is C66H78N24O11. The lowest BCUT2D eigenvalue weighted by atomic mass is 10.1. The monoisotopic (exact) mass is 1380 g/mol. The van der Waals surface area contributed by atoms with E-state index < -0.39 is 59.8 Å². The molecule has 101 heavy (non-hydrogen) atoms. The van der Waals surface area contributed by atoms with Gasteiger partial charge in [-0.15, -0.1) is 20.4 Å². The zero-order valence-corrected chi connectivity index (χ0v) is 56.0. The maximum absolute atomic E-state index is 13.5. The molecule has 0 fully saturated rings. The number of urea groups is 1. The number of esters is 4. The standard InChI is InChI=1S/C31H34N12O5.C20H26N6O4.C15H18N6O2/c1-33-18-20-43-30(37-39-41-43)26(14-16-28(45)48-22-24-11-6-3-7-12-24)35-31(46)34-25(29-36-38-40-42(29)19-8-17-32)13-15-27(44)47-21-23-9-4-2-5-10-23;1-20(2,3)30-19(28)22-16(18-23-24-25-26(18)13-7-12-21)10-11-17(27)29-14-15-8-5-4-6-9-15;16-9-4-10-21-15(18-19-20-21)13(17)7-8-14(22)23-11-12-5-2-1-3-6-12/h2-7,9-12,25-26H,8,13-16,18-22H2,(H2,34,35,46);4-6,8-9,16H,7,10-11,13-14H2,1-3H3,(H,22,28);1-3,5-6,13H,4,7-8,10-11,17H2/t25-,26-;16-;13-/m000/s1. The average Bonchev–Trinajstić information content (AvgIpc) is 1.79. The van der Waals surface area contributed by atoms with Gasteiger partial charge in [-0.05, 0) is 110 Å². The molecule has 0 radical (unpaired) electrons. The number of carbonyl (C=O) groups excluding carboxylic acids is 6. The smallest absolute Gasteiger partial charge is 0.408 e. The predicted octanol–water partition coefficient (Wildman–Crippen LogP) is 6.41. The second-order valence-electron chi connectivity index (χ2n) is 22.9. The van der Waals surface area contributed by atoms with Gasteiger partial charge in [0, 0.05) is 25.7 Å². The quantitative estimate of drug-likeness (QED) is 0.0189. The molecule has 35 nitrogen and oxygen atoms in total. The number of aromatic nitrogens is 16. The van der Waals surface area contributed by atoms with Gasteiger partial charge in [-0.2, -0.15) is 15.8 Å². The first-order chi connectivity index (χ1) is 48.9. The number of amides is 3. The number of benzene rings is 4. The Bertz CT molecular complexity index is 3880. The van der Waals surface area contributed by atoms with E-state index in [1.165, 1.54) is 18.7 Å². The highest BCUT2D eigenvalue weighted by Crippen LogP contribution is 2.23. The van der Waals surface area contributed by atoms with Crippen molar-refractivity contribution in [3.05, 3.63) is 178 Å². The second kappa shape index (κ2) is 42.9. The number of ether oxygens (including phenoxy) is 5. The summed E-state index contributed by atoms with van der Waals surface area (Å²) in [6.07, 6.45) is 0.776. The number of carbonyl (C=O) groups is 6. The first-order valence-electron chi connectivity index (χ1n) is 32.0. The highest BCUT2D eigenvalue weighted by molar-refractivity contribution is 5.75. The minimum atomic E-state index is -0.863. The molecule has 4 atom stereocenters. The van der Waals surface area contributed by atoms with Gasteiger partial charge >= 0.3 is 36.0 Å². The van der Waals surface area contributed by atoms with Crippen LogP contribution in [0.5, 0.6) is 0 Å². The molecular weight excluding hydrogens is 1300 g/mol. The summed E-state index contributed by atoms with van der Waals surface area (Å²) in [6.45, 7) is 14.1. The van der Waals surface area contributed by atoms with Crippen molar-refractivity contribution >= 4 is 36.0 Å². The predicted molar refractivity (Wildman–Crippen MR) is 352 cm³/mol. The first kappa shape index (κ1) is 77.5. The Morgan fingerprint density at radius 3 is 1.08 bits per heavy atom. The van der Waals surface area contributed by atoms with Crippen molar-refractivity contribution in [3.8, 4) is 18.2 Å². The van der Waals surface area contributed by atoms with Crippen LogP contribution >= 0.6 is 0 Å². The van der Waals surface area contributed by atoms with Crippen LogP contribution in [0, 0.1) is 40.6 Å². The van der Waals surface area contributed by atoms with Gasteiger partial charge in [0.1, 0.15) is 38.6 Å². The van der Waals surface area contributed by atoms with Crippen LogP contribution < -0.4 is 21.7 Å². The van der Waals surface area contributed by atoms with Crippen molar-refractivity contribution in [2.24, 2.45) is 5.73 Å². The molecule has 35 heteroatoms. The van der Waals surface area contributed by atoms with Gasteiger partial charge in [-0.1, -0.05) is 121 Å². The van der Waals surface area contributed by atoms with Crippen molar-refractivity contribution in [3.63, 3.8) is 0 Å². The Kier molecular flexibility index (Phi) is 32.9. The molecule has 0 spiro atoms. The fraction of sp³-hybridized carbons (Fsp3) is 0.424. The van der Waals surface area contributed by atoms with Crippen LogP contribution in [-0.2, 0) is 95.5 Å². The van der Waals surface area contributed by atoms with Gasteiger partial charge in [-0.3, -0.25) is 19.2 Å². The van der Waals surface area contributed by atoms with Crippen molar-refractivity contribution in [2.75, 3.05) is 6.54 Å². The summed E-state index contributed by atoms with van der Waals surface area (Å²) in [5.74, 6) is -0.430. The Hall–Kier alpha value is -12.5. The van der Waals surface area contributed by atoms with Gasteiger partial charge in [0.25, 0.3) is 0 Å². The number of hydrogen-bond acceptors (Lipinski definition) is 27. The molecule has 0 saturated heterocycles. The number of nitrogens with zero attached hydrogens (tertiary/aromatic N) is 20. The maximum Gasteiger partial charge on any atom is 0.408 e. The van der Waals surface area contributed by atoms with Crippen molar-refractivity contribution in [2.45, 2.75) is 174 Å². The molecule has 0 aliphatic carbocycles. The number of aryl methyl sites for hydroxylation is 3. The lowest BCUT2D eigenvalue weighted by Gasteiger charge is -2.23. The van der Waals surface area contributed by atoms with Gasteiger partial charge in [-0.25, -0.2) is 34.9 Å². The minimum Gasteiger partial charge on any atom is -0.461 e. The Morgan fingerprint density at radius 2 is 0.762 bits per heavy atom. The van der Waals surface area contributed by atoms with Crippen LogP contribution in [-0.4, -0.2) is 129 Å². The topological polar surface area (TPSA) is 461 Å². The van der Waals surface area contributed by atoms with E-state index in [1.807, 2.05) is 140 Å². The number of nitrogens with one attached hydrogen (secondary N) is 3. The lowest BCUT2D eigenvalue weighted by molar-refractivity contribution is -0.146. The van der Waals surface area contributed by atoms with E-state index in [0.717, 1.165) is 22.3 Å².